The maximum absolute atomic E-state index is 14.3. The average Bonchev–Trinajstić information content (AvgIpc) is 3.47. The Labute approximate surface area is 189 Å². The molecule has 1 N–H and O–H groups in total. The third kappa shape index (κ3) is 3.47. The molecule has 0 aliphatic carbocycles. The van der Waals surface area contributed by atoms with Gasteiger partial charge in [-0.25, -0.2) is 23.9 Å². The van der Waals surface area contributed by atoms with Gasteiger partial charge in [0, 0.05) is 37.3 Å². The highest BCUT2D eigenvalue weighted by Gasteiger charge is 2.37. The Kier molecular flexibility index (Phi) is 4.88. The SMILES string of the molecule is CCN1CC[C@H]2NC(=O)c3cnn4ccc(nc34)N3OCCC3c3cc(F)cnc3O[C@H]2C1. The van der Waals surface area contributed by atoms with Gasteiger partial charge in [-0.1, -0.05) is 6.92 Å². The lowest BCUT2D eigenvalue weighted by atomic mass is 10.0. The molecule has 3 aromatic heterocycles. The van der Waals surface area contributed by atoms with Crippen molar-refractivity contribution < 1.29 is 18.8 Å². The summed E-state index contributed by atoms with van der Waals surface area (Å²) < 4.78 is 22.3. The van der Waals surface area contributed by atoms with Gasteiger partial charge in [0.05, 0.1) is 31.1 Å². The van der Waals surface area contributed by atoms with Gasteiger partial charge in [-0.3, -0.25) is 14.5 Å². The van der Waals surface area contributed by atoms with Crippen LogP contribution in [0.15, 0.2) is 30.7 Å². The molecule has 2 fully saturated rings. The molecule has 6 heterocycles. The van der Waals surface area contributed by atoms with E-state index in [-0.39, 0.29) is 24.1 Å². The molecular formula is C22H24FN7O3. The number of amides is 1. The molecule has 3 aliphatic heterocycles. The number of halogens is 1. The summed E-state index contributed by atoms with van der Waals surface area (Å²) in [5.74, 6) is 0.147. The predicted molar refractivity (Wildman–Crippen MR) is 115 cm³/mol. The number of carbonyl (C=O) groups is 1. The van der Waals surface area contributed by atoms with Gasteiger partial charge in [0.25, 0.3) is 5.91 Å². The van der Waals surface area contributed by atoms with Crippen LogP contribution in [0, 0.1) is 5.82 Å². The Hall–Kier alpha value is -3.31. The van der Waals surface area contributed by atoms with E-state index in [2.05, 4.69) is 32.2 Å². The van der Waals surface area contributed by atoms with Crippen LogP contribution < -0.4 is 15.1 Å². The van der Waals surface area contributed by atoms with Crippen LogP contribution in [0.2, 0.25) is 0 Å². The van der Waals surface area contributed by atoms with Gasteiger partial charge in [-0.15, -0.1) is 0 Å². The topological polar surface area (TPSA) is 97.1 Å². The Morgan fingerprint density at radius 3 is 3.09 bits per heavy atom. The zero-order valence-electron chi connectivity index (χ0n) is 18.1. The van der Waals surface area contributed by atoms with E-state index in [1.807, 2.05) is 0 Å². The number of hydrogen-bond donors (Lipinski definition) is 1. The molecule has 0 saturated carbocycles. The van der Waals surface area contributed by atoms with Crippen molar-refractivity contribution >= 4 is 17.4 Å². The molecule has 1 amide bonds. The lowest BCUT2D eigenvalue weighted by molar-refractivity contribution is 0.0508. The van der Waals surface area contributed by atoms with Crippen LogP contribution in [0.1, 0.15) is 41.7 Å². The standard InChI is InChI=1S/C22H24FN7O3/c1-2-28-6-3-16-18(12-28)33-22-14(9-13(23)10-24-22)17-5-8-32-30(17)19-4-7-29-20(27-19)15(11-25-29)21(31)26-16/h4,7,9-11,16-18H,2-3,5-6,8,12H2,1H3,(H,26,31)/t16-,17?,18+/m1/s1. The molecular weight excluding hydrogens is 429 g/mol. The van der Waals surface area contributed by atoms with E-state index >= 15 is 0 Å². The second kappa shape index (κ2) is 7.92. The first kappa shape index (κ1) is 20.3. The number of fused-ring (bicyclic) bond motifs is 6. The third-order valence-electron chi connectivity index (χ3n) is 6.60. The van der Waals surface area contributed by atoms with Crippen molar-refractivity contribution in [3.8, 4) is 5.88 Å². The fourth-order valence-electron chi connectivity index (χ4n) is 4.84. The molecule has 3 aromatic rings. The summed E-state index contributed by atoms with van der Waals surface area (Å²) in [6, 6.07) is 2.63. The number of rotatable bonds is 1. The van der Waals surface area contributed by atoms with Crippen molar-refractivity contribution in [3.63, 3.8) is 0 Å². The summed E-state index contributed by atoms with van der Waals surface area (Å²) in [6.45, 7) is 4.87. The van der Waals surface area contributed by atoms with E-state index < -0.39 is 5.82 Å². The number of pyridine rings is 1. The van der Waals surface area contributed by atoms with Gasteiger partial charge in [0.15, 0.2) is 11.5 Å². The van der Waals surface area contributed by atoms with Crippen LogP contribution in [-0.2, 0) is 4.84 Å². The minimum absolute atomic E-state index is 0.241. The molecule has 0 aromatic carbocycles. The summed E-state index contributed by atoms with van der Waals surface area (Å²) in [5.41, 5.74) is 1.41. The third-order valence-corrected chi connectivity index (χ3v) is 6.60. The minimum Gasteiger partial charge on any atom is -0.471 e. The smallest absolute Gasteiger partial charge is 0.257 e. The Morgan fingerprint density at radius 2 is 2.21 bits per heavy atom. The molecule has 3 aliphatic rings. The highest BCUT2D eigenvalue weighted by atomic mass is 19.1. The number of anilines is 1. The van der Waals surface area contributed by atoms with Crippen LogP contribution in [0.25, 0.3) is 5.65 Å². The van der Waals surface area contributed by atoms with Crippen LogP contribution in [-0.4, -0.2) is 68.8 Å². The van der Waals surface area contributed by atoms with Crippen LogP contribution in [0.3, 0.4) is 0 Å². The first-order chi connectivity index (χ1) is 16.1. The van der Waals surface area contributed by atoms with Gasteiger partial charge in [-0.05, 0) is 19.0 Å². The van der Waals surface area contributed by atoms with Gasteiger partial charge in [0.2, 0.25) is 5.88 Å². The molecule has 6 rings (SSSR count). The predicted octanol–water partition coefficient (Wildman–Crippen LogP) is 1.73. The summed E-state index contributed by atoms with van der Waals surface area (Å²) in [6.07, 6.45) is 5.40. The Bertz CT molecular complexity index is 1220. The van der Waals surface area contributed by atoms with Crippen molar-refractivity contribution in [3.05, 3.63) is 47.7 Å². The van der Waals surface area contributed by atoms with Crippen LogP contribution in [0.5, 0.6) is 5.88 Å². The van der Waals surface area contributed by atoms with E-state index in [4.69, 9.17) is 9.57 Å². The maximum atomic E-state index is 14.3. The molecule has 2 bridgehead atoms. The monoisotopic (exact) mass is 453 g/mol. The van der Waals surface area contributed by atoms with Crippen LogP contribution in [0.4, 0.5) is 10.2 Å². The molecule has 172 valence electrons. The normalized spacial score (nSPS) is 25.3. The van der Waals surface area contributed by atoms with E-state index in [1.165, 1.54) is 12.3 Å². The van der Waals surface area contributed by atoms with Crippen molar-refractivity contribution in [2.75, 3.05) is 31.3 Å². The van der Waals surface area contributed by atoms with Crippen LogP contribution >= 0.6 is 0 Å². The van der Waals surface area contributed by atoms with Crippen molar-refractivity contribution in [2.45, 2.75) is 38.0 Å². The Balaban J connectivity index is 1.51. The van der Waals surface area contributed by atoms with E-state index in [0.29, 0.717) is 48.0 Å². The number of carbonyl (C=O) groups excluding carboxylic acids is 1. The number of nitrogens with zero attached hydrogens (tertiary/aromatic N) is 6. The molecule has 3 atom stereocenters. The number of nitrogens with one attached hydrogen (secondary N) is 1. The zero-order chi connectivity index (χ0) is 22.5. The maximum Gasteiger partial charge on any atom is 0.257 e. The van der Waals surface area contributed by atoms with Gasteiger partial charge < -0.3 is 10.1 Å². The largest absolute Gasteiger partial charge is 0.471 e. The summed E-state index contributed by atoms with van der Waals surface area (Å²) in [4.78, 5) is 30.4. The second-order valence-electron chi connectivity index (χ2n) is 8.54. The number of likely N-dealkylation sites (N-methyl/N-ethyl adjacent to an activating group) is 1. The molecule has 33 heavy (non-hydrogen) atoms. The fraction of sp³-hybridized carbons (Fsp3) is 0.455. The molecule has 2 saturated heterocycles. The molecule has 1 unspecified atom stereocenters. The summed E-state index contributed by atoms with van der Waals surface area (Å²) in [7, 11) is 0. The molecule has 11 heteroatoms. The van der Waals surface area contributed by atoms with E-state index in [0.717, 1.165) is 25.7 Å². The summed E-state index contributed by atoms with van der Waals surface area (Å²) >= 11 is 0. The molecule has 0 spiro atoms. The molecule has 10 nitrogen and oxygen atoms in total. The fourth-order valence-corrected chi connectivity index (χ4v) is 4.84. The number of piperidine rings is 1. The van der Waals surface area contributed by atoms with Crippen molar-refractivity contribution in [1.82, 2.24) is 29.8 Å². The number of likely N-dealkylation sites (tertiary alicyclic amines) is 1. The van der Waals surface area contributed by atoms with Gasteiger partial charge >= 0.3 is 0 Å². The van der Waals surface area contributed by atoms with E-state index in [1.54, 1.807) is 21.8 Å². The second-order valence-corrected chi connectivity index (χ2v) is 8.54. The quantitative estimate of drug-likeness (QED) is 0.595. The number of ether oxygens (including phenoxy) is 1. The first-order valence-electron chi connectivity index (χ1n) is 11.2. The summed E-state index contributed by atoms with van der Waals surface area (Å²) in [5, 5.41) is 9.04. The first-order valence-corrected chi connectivity index (χ1v) is 11.2. The Morgan fingerprint density at radius 1 is 1.30 bits per heavy atom. The van der Waals surface area contributed by atoms with Crippen molar-refractivity contribution in [1.29, 1.82) is 0 Å². The van der Waals surface area contributed by atoms with E-state index in [9.17, 15) is 9.18 Å². The number of hydrogen-bond acceptors (Lipinski definition) is 8. The van der Waals surface area contributed by atoms with Crippen molar-refractivity contribution in [2.24, 2.45) is 0 Å². The molecule has 0 radical (unpaired) electrons. The highest BCUT2D eigenvalue weighted by molar-refractivity contribution is 6.00. The minimum atomic E-state index is -0.446. The van der Waals surface area contributed by atoms with Gasteiger partial charge in [-0.2, -0.15) is 5.10 Å². The average molecular weight is 453 g/mol. The number of aromatic nitrogens is 4. The van der Waals surface area contributed by atoms with Gasteiger partial charge in [0.1, 0.15) is 17.5 Å². The lowest BCUT2D eigenvalue weighted by Crippen LogP contribution is -2.56. The number of hydroxylamine groups is 1. The highest BCUT2D eigenvalue weighted by Crippen LogP contribution is 2.38. The zero-order valence-corrected chi connectivity index (χ0v) is 18.1. The lowest BCUT2D eigenvalue weighted by Gasteiger charge is -2.38.